The van der Waals surface area contributed by atoms with Crippen molar-refractivity contribution in [2.75, 3.05) is 6.26 Å². The van der Waals surface area contributed by atoms with E-state index in [4.69, 9.17) is 0 Å². The fraction of sp³-hybridized carbons (Fsp3) is 0.133. The van der Waals surface area contributed by atoms with E-state index >= 15 is 0 Å². The molecule has 3 rings (SSSR count). The van der Waals surface area contributed by atoms with Crippen molar-refractivity contribution in [3.63, 3.8) is 0 Å². The largest absolute Gasteiger partial charge is 0.240 e. The van der Waals surface area contributed by atoms with Crippen molar-refractivity contribution in [3.05, 3.63) is 53.8 Å². The number of hydrogen-bond donors (Lipinski definition) is 1. The van der Waals surface area contributed by atoms with E-state index in [0.29, 0.717) is 11.1 Å². The normalized spacial score (nSPS) is 11.9. The van der Waals surface area contributed by atoms with Gasteiger partial charge in [-0.05, 0) is 30.5 Å². The second-order valence-electron chi connectivity index (χ2n) is 4.73. The summed E-state index contributed by atoms with van der Waals surface area (Å²) in [6, 6.07) is 10.9. The number of thiazole rings is 1. The quantitative estimate of drug-likeness (QED) is 0.699. The number of benzene rings is 2. The van der Waals surface area contributed by atoms with Gasteiger partial charge in [0, 0.05) is 12.1 Å². The third kappa shape index (κ3) is 3.55. The molecule has 0 atom stereocenters. The molecule has 0 aliphatic carbocycles. The van der Waals surface area contributed by atoms with Crippen LogP contribution in [-0.4, -0.2) is 19.7 Å². The fourth-order valence-corrected chi connectivity index (χ4v) is 4.53. The van der Waals surface area contributed by atoms with Crippen molar-refractivity contribution >= 4 is 43.3 Å². The second-order valence-corrected chi connectivity index (χ2v) is 8.58. The predicted molar refractivity (Wildman–Crippen MR) is 91.8 cm³/mol. The minimum atomic E-state index is -3.72. The van der Waals surface area contributed by atoms with Gasteiger partial charge in [0.1, 0.15) is 5.82 Å². The summed E-state index contributed by atoms with van der Waals surface area (Å²) in [7, 11) is -3.72. The van der Waals surface area contributed by atoms with E-state index < -0.39 is 15.8 Å². The molecule has 0 bridgehead atoms. The Morgan fingerprint density at radius 3 is 2.78 bits per heavy atom. The molecule has 0 saturated carbocycles. The molecule has 4 nitrogen and oxygen atoms in total. The molecule has 0 amide bonds. The Labute approximate surface area is 141 Å². The summed E-state index contributed by atoms with van der Waals surface area (Å²) >= 11 is 3.03. The highest BCUT2D eigenvalue weighted by Crippen LogP contribution is 2.29. The van der Waals surface area contributed by atoms with Crippen LogP contribution in [0.15, 0.2) is 51.7 Å². The summed E-state index contributed by atoms with van der Waals surface area (Å²) in [5.41, 5.74) is 0.948. The maximum absolute atomic E-state index is 13.6. The first kappa shape index (κ1) is 16.4. The average molecular weight is 368 g/mol. The summed E-state index contributed by atoms with van der Waals surface area (Å²) in [5.74, 6) is -0.435. The number of nitrogens with zero attached hydrogens (tertiary/aromatic N) is 1. The first-order valence-electron chi connectivity index (χ1n) is 6.67. The third-order valence-electron chi connectivity index (χ3n) is 3.23. The van der Waals surface area contributed by atoms with E-state index in [0.717, 1.165) is 9.04 Å². The van der Waals surface area contributed by atoms with E-state index in [1.165, 1.54) is 41.3 Å². The van der Waals surface area contributed by atoms with Gasteiger partial charge in [0.05, 0.1) is 15.1 Å². The molecular formula is C15H13FN2O2S3. The Balaban J connectivity index is 1.85. The maximum Gasteiger partial charge on any atom is 0.240 e. The number of sulfonamides is 1. The van der Waals surface area contributed by atoms with Crippen molar-refractivity contribution in [1.29, 1.82) is 0 Å². The van der Waals surface area contributed by atoms with Crippen LogP contribution < -0.4 is 4.72 Å². The number of fused-ring (bicyclic) bond motifs is 1. The number of hydrogen-bond acceptors (Lipinski definition) is 5. The summed E-state index contributed by atoms with van der Waals surface area (Å²) in [5, 5.41) is 0. The molecule has 0 spiro atoms. The molecule has 0 aliphatic rings. The van der Waals surface area contributed by atoms with Gasteiger partial charge in [0.2, 0.25) is 10.0 Å². The van der Waals surface area contributed by atoms with E-state index in [1.807, 2.05) is 6.26 Å². The molecule has 0 unspecified atom stereocenters. The molecule has 1 aromatic heterocycles. The van der Waals surface area contributed by atoms with Crippen LogP contribution in [0.25, 0.3) is 10.2 Å². The number of rotatable bonds is 5. The lowest BCUT2D eigenvalue weighted by Gasteiger charge is -2.07. The number of halogens is 1. The van der Waals surface area contributed by atoms with Crippen molar-refractivity contribution < 1.29 is 12.8 Å². The van der Waals surface area contributed by atoms with Gasteiger partial charge < -0.3 is 0 Å². The monoisotopic (exact) mass is 368 g/mol. The van der Waals surface area contributed by atoms with Crippen molar-refractivity contribution in [2.24, 2.45) is 0 Å². The second kappa shape index (κ2) is 6.56. The lowest BCUT2D eigenvalue weighted by Crippen LogP contribution is -2.23. The molecule has 0 aliphatic heterocycles. The predicted octanol–water partition coefficient (Wildman–Crippen LogP) is 3.64. The molecule has 2 aromatic carbocycles. The Bertz CT molecular complexity index is 954. The highest BCUT2D eigenvalue weighted by atomic mass is 32.2. The van der Waals surface area contributed by atoms with Gasteiger partial charge in [-0.1, -0.05) is 30.0 Å². The van der Waals surface area contributed by atoms with Gasteiger partial charge in [-0.2, -0.15) is 0 Å². The molecule has 3 aromatic rings. The van der Waals surface area contributed by atoms with Gasteiger partial charge in [0.15, 0.2) is 4.34 Å². The first-order valence-corrected chi connectivity index (χ1v) is 10.2. The average Bonchev–Trinajstić information content (AvgIpc) is 2.96. The number of aromatic nitrogens is 1. The fourth-order valence-electron chi connectivity index (χ4n) is 2.04. The summed E-state index contributed by atoms with van der Waals surface area (Å²) in [6.07, 6.45) is 1.92. The molecular weight excluding hydrogens is 355 g/mol. The zero-order valence-electron chi connectivity index (χ0n) is 12.1. The zero-order valence-corrected chi connectivity index (χ0v) is 14.6. The van der Waals surface area contributed by atoms with Crippen LogP contribution in [0.4, 0.5) is 4.39 Å². The van der Waals surface area contributed by atoms with Crippen molar-refractivity contribution in [3.8, 4) is 0 Å². The van der Waals surface area contributed by atoms with Crippen LogP contribution in [-0.2, 0) is 16.6 Å². The van der Waals surface area contributed by atoms with Crippen LogP contribution >= 0.6 is 23.1 Å². The lowest BCUT2D eigenvalue weighted by molar-refractivity contribution is 0.574. The topological polar surface area (TPSA) is 59.1 Å². The van der Waals surface area contributed by atoms with Crippen LogP contribution in [0.5, 0.6) is 0 Å². The van der Waals surface area contributed by atoms with Gasteiger partial charge in [-0.25, -0.2) is 22.5 Å². The SMILES string of the molecule is CSc1nc2cc(S(=O)(=O)NCc3ccccc3F)ccc2s1. The zero-order chi connectivity index (χ0) is 16.4. The highest BCUT2D eigenvalue weighted by molar-refractivity contribution is 8.00. The minimum Gasteiger partial charge on any atom is -0.230 e. The van der Waals surface area contributed by atoms with Crippen molar-refractivity contribution in [2.45, 2.75) is 15.8 Å². The van der Waals surface area contributed by atoms with Crippen LogP contribution in [0, 0.1) is 5.82 Å². The molecule has 1 heterocycles. The standard InChI is InChI=1S/C15H13FN2O2S3/c1-21-15-18-13-8-11(6-7-14(13)22-15)23(19,20)17-9-10-4-2-3-5-12(10)16/h2-8,17H,9H2,1H3. The summed E-state index contributed by atoms with van der Waals surface area (Å²) < 4.78 is 42.6. The molecule has 23 heavy (non-hydrogen) atoms. The first-order chi connectivity index (χ1) is 11.0. The molecule has 1 N–H and O–H groups in total. The minimum absolute atomic E-state index is 0.0971. The Morgan fingerprint density at radius 2 is 2.04 bits per heavy atom. The Morgan fingerprint density at radius 1 is 1.26 bits per heavy atom. The van der Waals surface area contributed by atoms with Crippen molar-refractivity contribution in [1.82, 2.24) is 9.71 Å². The molecule has 120 valence electrons. The Hall–Kier alpha value is -1.48. The van der Waals surface area contributed by atoms with E-state index in [9.17, 15) is 12.8 Å². The van der Waals surface area contributed by atoms with Crippen LogP contribution in [0.1, 0.15) is 5.56 Å². The summed E-state index contributed by atoms with van der Waals surface area (Å²) in [6.45, 7) is -0.0971. The third-order valence-corrected chi connectivity index (χ3v) is 6.66. The lowest BCUT2D eigenvalue weighted by atomic mass is 10.2. The maximum atomic E-state index is 13.6. The van der Waals surface area contributed by atoms with Gasteiger partial charge in [-0.3, -0.25) is 0 Å². The van der Waals surface area contributed by atoms with E-state index in [1.54, 1.807) is 24.3 Å². The Kier molecular flexibility index (Phi) is 4.67. The van der Waals surface area contributed by atoms with Crippen LogP contribution in [0.3, 0.4) is 0 Å². The summed E-state index contributed by atoms with van der Waals surface area (Å²) in [4.78, 5) is 4.49. The number of thioether (sulfide) groups is 1. The van der Waals surface area contributed by atoms with Gasteiger partial charge in [0.25, 0.3) is 0 Å². The van der Waals surface area contributed by atoms with E-state index in [-0.39, 0.29) is 11.4 Å². The van der Waals surface area contributed by atoms with Gasteiger partial charge >= 0.3 is 0 Å². The highest BCUT2D eigenvalue weighted by Gasteiger charge is 2.16. The smallest absolute Gasteiger partial charge is 0.230 e. The molecule has 0 radical (unpaired) electrons. The van der Waals surface area contributed by atoms with E-state index in [2.05, 4.69) is 9.71 Å². The van der Waals surface area contributed by atoms with Gasteiger partial charge in [-0.15, -0.1) is 11.3 Å². The number of nitrogens with one attached hydrogen (secondary N) is 1. The molecule has 0 fully saturated rings. The van der Waals surface area contributed by atoms with Crippen LogP contribution in [0.2, 0.25) is 0 Å². The molecule has 0 saturated heterocycles. The molecule has 8 heteroatoms.